The summed E-state index contributed by atoms with van der Waals surface area (Å²) in [6.07, 6.45) is 2.90. The molecule has 1 aromatic heterocycles. The Hall–Kier alpha value is -2.35. The van der Waals surface area contributed by atoms with Gasteiger partial charge in [0.05, 0.1) is 0 Å². The van der Waals surface area contributed by atoms with Crippen molar-refractivity contribution in [2.24, 2.45) is 0 Å². The van der Waals surface area contributed by atoms with Gasteiger partial charge in [0.2, 0.25) is 5.43 Å². The molecule has 100 valence electrons. The molecule has 3 aromatic rings. The Balaban J connectivity index is 1.73. The minimum atomic E-state index is -0.0562. The predicted molar refractivity (Wildman–Crippen MR) is 81.0 cm³/mol. The maximum absolute atomic E-state index is 11.8. The van der Waals surface area contributed by atoms with Crippen molar-refractivity contribution in [3.05, 3.63) is 82.2 Å². The van der Waals surface area contributed by atoms with Crippen molar-refractivity contribution in [3.8, 4) is 0 Å². The summed E-state index contributed by atoms with van der Waals surface area (Å²) in [5.74, 6) is 0.888. The molecular weight excluding hydrogens is 248 g/mol. The van der Waals surface area contributed by atoms with Gasteiger partial charge in [-0.15, -0.1) is 0 Å². The van der Waals surface area contributed by atoms with Crippen LogP contribution in [0.5, 0.6) is 0 Å². The van der Waals surface area contributed by atoms with Gasteiger partial charge in [0.25, 0.3) is 0 Å². The third kappa shape index (κ3) is 2.80. The summed E-state index contributed by atoms with van der Waals surface area (Å²) < 4.78 is 5.68. The largest absolute Gasteiger partial charge is 0.457 e. The molecule has 0 unspecified atom stereocenters. The average molecular weight is 264 g/mol. The highest BCUT2D eigenvalue weighted by molar-refractivity contribution is 5.76. The second-order valence-electron chi connectivity index (χ2n) is 4.92. The zero-order valence-corrected chi connectivity index (χ0v) is 11.2. The zero-order valence-electron chi connectivity index (χ0n) is 11.2. The van der Waals surface area contributed by atoms with Crippen LogP contribution in [0, 0.1) is 0 Å². The molecule has 2 nitrogen and oxygen atoms in total. The first-order chi connectivity index (χ1) is 9.83. The van der Waals surface area contributed by atoms with Crippen LogP contribution in [0.15, 0.2) is 69.9 Å². The predicted octanol–water partition coefficient (Wildman–Crippen LogP) is 3.97. The third-order valence-corrected chi connectivity index (χ3v) is 3.40. The molecule has 0 aliphatic heterocycles. The second-order valence-corrected chi connectivity index (χ2v) is 4.92. The van der Waals surface area contributed by atoms with Crippen LogP contribution < -0.4 is 5.43 Å². The van der Waals surface area contributed by atoms with Gasteiger partial charge in [0.1, 0.15) is 5.76 Å². The lowest BCUT2D eigenvalue weighted by molar-refractivity contribution is 0.537. The maximum Gasteiger partial charge on any atom is 0.221 e. The van der Waals surface area contributed by atoms with Crippen LogP contribution in [0.4, 0.5) is 0 Å². The minimum absolute atomic E-state index is 0.0562. The number of hydrogen-bond donors (Lipinski definition) is 0. The molecule has 2 aromatic carbocycles. The van der Waals surface area contributed by atoms with Crippen LogP contribution in [-0.2, 0) is 12.8 Å². The van der Waals surface area contributed by atoms with E-state index in [4.69, 9.17) is 4.42 Å². The molecule has 0 spiro atoms. The van der Waals surface area contributed by atoms with E-state index in [1.54, 1.807) is 12.1 Å². The Morgan fingerprint density at radius 3 is 2.45 bits per heavy atom. The monoisotopic (exact) mass is 264 g/mol. The number of rotatable bonds is 4. The molecular formula is C18H16O2. The number of fused-ring (bicyclic) bond motifs is 1. The maximum atomic E-state index is 11.8. The van der Waals surface area contributed by atoms with Crippen molar-refractivity contribution in [1.82, 2.24) is 0 Å². The Kier molecular flexibility index (Phi) is 3.64. The zero-order chi connectivity index (χ0) is 13.8. The van der Waals surface area contributed by atoms with Crippen molar-refractivity contribution in [2.45, 2.75) is 19.3 Å². The van der Waals surface area contributed by atoms with Crippen molar-refractivity contribution < 1.29 is 4.42 Å². The van der Waals surface area contributed by atoms with E-state index in [0.717, 1.165) is 30.4 Å². The Labute approximate surface area is 117 Å². The smallest absolute Gasteiger partial charge is 0.221 e. The lowest BCUT2D eigenvalue weighted by Gasteiger charge is -1.99. The quantitative estimate of drug-likeness (QED) is 0.713. The molecule has 0 saturated heterocycles. The van der Waals surface area contributed by atoms with Crippen LogP contribution >= 0.6 is 0 Å². The first kappa shape index (κ1) is 12.7. The molecule has 0 atom stereocenters. The summed E-state index contributed by atoms with van der Waals surface area (Å²) >= 11 is 0. The molecule has 0 aliphatic rings. The standard InChI is InChI=1S/C18H16O2/c19-17-12-5-4-10-15-13-16(20-18(15)17)11-6-9-14-7-2-1-3-8-14/h1-5,7-8,10,12-13H,6,9,11H2. The van der Waals surface area contributed by atoms with Crippen LogP contribution in [0.3, 0.4) is 0 Å². The van der Waals surface area contributed by atoms with Gasteiger partial charge in [-0.1, -0.05) is 48.5 Å². The SMILES string of the molecule is O=c1ccccc2cc(CCCc3ccccc3)oc12. The lowest BCUT2D eigenvalue weighted by Crippen LogP contribution is -1.92. The molecule has 0 N–H and O–H groups in total. The second kappa shape index (κ2) is 5.74. The molecule has 1 heterocycles. The summed E-state index contributed by atoms with van der Waals surface area (Å²) in [5, 5.41) is 0.884. The van der Waals surface area contributed by atoms with Crippen LogP contribution in [0.2, 0.25) is 0 Å². The van der Waals surface area contributed by atoms with Crippen molar-refractivity contribution >= 4 is 11.0 Å². The van der Waals surface area contributed by atoms with Crippen LogP contribution in [0.25, 0.3) is 11.0 Å². The van der Waals surface area contributed by atoms with E-state index in [2.05, 4.69) is 24.3 Å². The average Bonchev–Trinajstić information content (AvgIpc) is 2.80. The van der Waals surface area contributed by atoms with Gasteiger partial charge in [-0.2, -0.15) is 0 Å². The Morgan fingerprint density at radius 2 is 1.60 bits per heavy atom. The fraction of sp³-hybridized carbons (Fsp3) is 0.167. The van der Waals surface area contributed by atoms with E-state index in [1.807, 2.05) is 24.3 Å². The van der Waals surface area contributed by atoms with Crippen LogP contribution in [0.1, 0.15) is 17.7 Å². The molecule has 2 heteroatoms. The van der Waals surface area contributed by atoms with E-state index in [0.29, 0.717) is 5.58 Å². The molecule has 3 rings (SSSR count). The van der Waals surface area contributed by atoms with Gasteiger partial charge >= 0.3 is 0 Å². The number of benzene rings is 1. The highest BCUT2D eigenvalue weighted by Gasteiger charge is 2.05. The fourth-order valence-corrected chi connectivity index (χ4v) is 2.39. The normalized spacial score (nSPS) is 10.8. The van der Waals surface area contributed by atoms with Gasteiger partial charge in [-0.05, 0) is 30.5 Å². The van der Waals surface area contributed by atoms with E-state index >= 15 is 0 Å². The number of furan rings is 1. The third-order valence-electron chi connectivity index (χ3n) is 3.40. The first-order valence-corrected chi connectivity index (χ1v) is 6.88. The molecule has 0 fully saturated rings. The summed E-state index contributed by atoms with van der Waals surface area (Å²) in [6, 6.07) is 19.4. The van der Waals surface area contributed by atoms with Gasteiger partial charge < -0.3 is 4.42 Å². The van der Waals surface area contributed by atoms with Crippen LogP contribution in [-0.4, -0.2) is 0 Å². The van der Waals surface area contributed by atoms with Gasteiger partial charge in [-0.25, -0.2) is 0 Å². The van der Waals surface area contributed by atoms with E-state index < -0.39 is 0 Å². The van der Waals surface area contributed by atoms with Crippen molar-refractivity contribution in [1.29, 1.82) is 0 Å². The lowest BCUT2D eigenvalue weighted by atomic mass is 10.1. The van der Waals surface area contributed by atoms with Crippen molar-refractivity contribution in [3.63, 3.8) is 0 Å². The molecule has 0 amide bonds. The van der Waals surface area contributed by atoms with Gasteiger partial charge in [0, 0.05) is 11.8 Å². The summed E-state index contributed by atoms with van der Waals surface area (Å²) in [4.78, 5) is 11.8. The summed E-state index contributed by atoms with van der Waals surface area (Å²) in [7, 11) is 0. The van der Waals surface area contributed by atoms with Gasteiger partial charge in [-0.3, -0.25) is 4.79 Å². The molecule has 20 heavy (non-hydrogen) atoms. The Morgan fingerprint density at radius 1 is 0.850 bits per heavy atom. The molecule has 0 aliphatic carbocycles. The van der Waals surface area contributed by atoms with E-state index in [1.165, 1.54) is 5.56 Å². The fourth-order valence-electron chi connectivity index (χ4n) is 2.39. The summed E-state index contributed by atoms with van der Waals surface area (Å²) in [6.45, 7) is 0. The van der Waals surface area contributed by atoms with E-state index in [9.17, 15) is 4.79 Å². The highest BCUT2D eigenvalue weighted by Crippen LogP contribution is 2.17. The first-order valence-electron chi connectivity index (χ1n) is 6.88. The number of hydrogen-bond acceptors (Lipinski definition) is 2. The molecule has 0 bridgehead atoms. The molecule has 0 saturated carbocycles. The topological polar surface area (TPSA) is 30.2 Å². The minimum Gasteiger partial charge on any atom is -0.457 e. The van der Waals surface area contributed by atoms with Crippen molar-refractivity contribution in [2.75, 3.05) is 0 Å². The van der Waals surface area contributed by atoms with Gasteiger partial charge in [0.15, 0.2) is 5.58 Å². The van der Waals surface area contributed by atoms with E-state index in [-0.39, 0.29) is 5.43 Å². The number of aryl methyl sites for hydroxylation is 2. The summed E-state index contributed by atoms with van der Waals surface area (Å²) in [5.41, 5.74) is 1.74. The highest BCUT2D eigenvalue weighted by atomic mass is 16.3. The Bertz CT molecular complexity index is 757. The molecule has 0 radical (unpaired) electrons.